The highest BCUT2D eigenvalue weighted by molar-refractivity contribution is 6.00. The van der Waals surface area contributed by atoms with Gasteiger partial charge in [-0.05, 0) is 32.9 Å². The van der Waals surface area contributed by atoms with Gasteiger partial charge in [0.1, 0.15) is 5.69 Å². The summed E-state index contributed by atoms with van der Waals surface area (Å²) in [6.45, 7) is 6.10. The van der Waals surface area contributed by atoms with E-state index in [1.54, 1.807) is 10.9 Å². The second-order valence-corrected chi connectivity index (χ2v) is 7.27. The SMILES string of the molecule is Cc1ccc(-n2cc(C(=O)NCCC(=O)NC(C)C)c(-c3ccccc3)n2)cc1. The first-order valence-electron chi connectivity index (χ1n) is 9.73. The first-order chi connectivity index (χ1) is 13.9. The third-order valence-electron chi connectivity index (χ3n) is 4.39. The fraction of sp³-hybridized carbons (Fsp3) is 0.261. The van der Waals surface area contributed by atoms with E-state index in [1.807, 2.05) is 75.4 Å². The predicted octanol–water partition coefficient (Wildman–Crippen LogP) is 3.49. The zero-order chi connectivity index (χ0) is 20.8. The Hall–Kier alpha value is -3.41. The van der Waals surface area contributed by atoms with Crippen LogP contribution in [0.25, 0.3) is 16.9 Å². The van der Waals surface area contributed by atoms with Crippen molar-refractivity contribution in [1.82, 2.24) is 20.4 Å². The minimum atomic E-state index is -0.250. The summed E-state index contributed by atoms with van der Waals surface area (Å²) in [5, 5.41) is 10.3. The second kappa shape index (κ2) is 9.19. The Morgan fingerprint density at radius 2 is 1.72 bits per heavy atom. The highest BCUT2D eigenvalue weighted by Gasteiger charge is 2.18. The molecule has 2 amide bonds. The average Bonchev–Trinajstić information content (AvgIpc) is 3.14. The Morgan fingerprint density at radius 1 is 1.03 bits per heavy atom. The van der Waals surface area contributed by atoms with Gasteiger partial charge in [0.2, 0.25) is 5.91 Å². The lowest BCUT2D eigenvalue weighted by molar-refractivity contribution is -0.121. The first-order valence-corrected chi connectivity index (χ1v) is 9.73. The molecule has 1 aromatic heterocycles. The molecule has 150 valence electrons. The minimum absolute atomic E-state index is 0.0793. The lowest BCUT2D eigenvalue weighted by atomic mass is 10.1. The van der Waals surface area contributed by atoms with E-state index in [1.165, 1.54) is 0 Å². The summed E-state index contributed by atoms with van der Waals surface area (Å²) in [6.07, 6.45) is 1.97. The number of carbonyl (C=O) groups is 2. The van der Waals surface area contributed by atoms with Gasteiger partial charge in [0, 0.05) is 30.8 Å². The maximum Gasteiger partial charge on any atom is 0.255 e. The molecule has 3 rings (SSSR count). The van der Waals surface area contributed by atoms with Crippen molar-refractivity contribution in [2.75, 3.05) is 6.54 Å². The summed E-state index contributed by atoms with van der Waals surface area (Å²) >= 11 is 0. The fourth-order valence-electron chi connectivity index (χ4n) is 2.96. The van der Waals surface area contributed by atoms with E-state index in [-0.39, 0.29) is 30.8 Å². The van der Waals surface area contributed by atoms with Crippen LogP contribution in [0, 0.1) is 6.92 Å². The summed E-state index contributed by atoms with van der Waals surface area (Å²) in [6, 6.07) is 17.6. The molecule has 0 radical (unpaired) electrons. The quantitative estimate of drug-likeness (QED) is 0.648. The Morgan fingerprint density at radius 3 is 2.38 bits per heavy atom. The number of benzene rings is 2. The molecule has 0 saturated carbocycles. The molecule has 2 aromatic carbocycles. The Bertz CT molecular complexity index is 976. The van der Waals surface area contributed by atoms with Crippen molar-refractivity contribution in [2.24, 2.45) is 0 Å². The standard InChI is InChI=1S/C23H26N4O2/c1-16(2)25-21(28)13-14-24-23(29)20-15-27(19-11-9-17(3)10-12-19)26-22(20)18-7-5-4-6-8-18/h4-12,15-16H,13-14H2,1-3H3,(H,24,29)(H,25,28). The highest BCUT2D eigenvalue weighted by atomic mass is 16.2. The van der Waals surface area contributed by atoms with Gasteiger partial charge < -0.3 is 10.6 Å². The zero-order valence-electron chi connectivity index (χ0n) is 17.0. The Balaban J connectivity index is 1.83. The molecule has 3 aromatic rings. The first kappa shape index (κ1) is 20.3. The molecule has 1 heterocycles. The van der Waals surface area contributed by atoms with Crippen LogP contribution in [0.4, 0.5) is 0 Å². The molecule has 29 heavy (non-hydrogen) atoms. The predicted molar refractivity (Wildman–Crippen MR) is 114 cm³/mol. The third kappa shape index (κ3) is 5.31. The molecule has 2 N–H and O–H groups in total. The summed E-state index contributed by atoms with van der Waals surface area (Å²) < 4.78 is 1.71. The molecular weight excluding hydrogens is 364 g/mol. The number of hydrogen-bond donors (Lipinski definition) is 2. The molecule has 0 aliphatic heterocycles. The van der Waals surface area contributed by atoms with Crippen LogP contribution >= 0.6 is 0 Å². The third-order valence-corrected chi connectivity index (χ3v) is 4.39. The number of nitrogens with one attached hydrogen (secondary N) is 2. The van der Waals surface area contributed by atoms with Gasteiger partial charge in [-0.2, -0.15) is 5.10 Å². The number of nitrogens with zero attached hydrogens (tertiary/aromatic N) is 2. The Labute approximate surface area is 170 Å². The largest absolute Gasteiger partial charge is 0.354 e. The van der Waals surface area contributed by atoms with Gasteiger partial charge in [-0.1, -0.05) is 48.0 Å². The van der Waals surface area contributed by atoms with E-state index < -0.39 is 0 Å². The van der Waals surface area contributed by atoms with Gasteiger partial charge in [0.15, 0.2) is 0 Å². The van der Waals surface area contributed by atoms with Gasteiger partial charge in [-0.15, -0.1) is 0 Å². The fourth-order valence-corrected chi connectivity index (χ4v) is 2.96. The van der Waals surface area contributed by atoms with Crippen molar-refractivity contribution in [1.29, 1.82) is 0 Å². The van der Waals surface area contributed by atoms with E-state index in [9.17, 15) is 9.59 Å². The normalized spacial score (nSPS) is 10.8. The lowest BCUT2D eigenvalue weighted by Gasteiger charge is -2.09. The van der Waals surface area contributed by atoms with Gasteiger partial charge in [-0.25, -0.2) is 4.68 Å². The van der Waals surface area contributed by atoms with Gasteiger partial charge in [0.05, 0.1) is 11.3 Å². The van der Waals surface area contributed by atoms with E-state index in [2.05, 4.69) is 15.7 Å². The maximum absolute atomic E-state index is 12.8. The van der Waals surface area contributed by atoms with Crippen LogP contribution in [0.3, 0.4) is 0 Å². The molecular formula is C23H26N4O2. The molecule has 6 heteroatoms. The Kier molecular flexibility index (Phi) is 6.44. The van der Waals surface area contributed by atoms with E-state index in [0.717, 1.165) is 16.8 Å². The van der Waals surface area contributed by atoms with Crippen molar-refractivity contribution in [3.8, 4) is 16.9 Å². The molecule has 0 saturated heterocycles. The molecule has 0 aliphatic rings. The van der Waals surface area contributed by atoms with Crippen LogP contribution in [0.15, 0.2) is 60.8 Å². The average molecular weight is 390 g/mol. The number of aromatic nitrogens is 2. The summed E-state index contributed by atoms with van der Waals surface area (Å²) in [4.78, 5) is 24.6. The van der Waals surface area contributed by atoms with E-state index >= 15 is 0 Å². The zero-order valence-corrected chi connectivity index (χ0v) is 17.0. The van der Waals surface area contributed by atoms with Crippen molar-refractivity contribution in [3.63, 3.8) is 0 Å². The lowest BCUT2D eigenvalue weighted by Crippen LogP contribution is -2.34. The number of aryl methyl sites for hydroxylation is 1. The minimum Gasteiger partial charge on any atom is -0.354 e. The van der Waals surface area contributed by atoms with Crippen molar-refractivity contribution < 1.29 is 9.59 Å². The topological polar surface area (TPSA) is 76.0 Å². The highest BCUT2D eigenvalue weighted by Crippen LogP contribution is 2.23. The van der Waals surface area contributed by atoms with Gasteiger partial charge >= 0.3 is 0 Å². The number of amides is 2. The monoisotopic (exact) mass is 390 g/mol. The van der Waals surface area contributed by atoms with Crippen LogP contribution in [-0.4, -0.2) is 34.2 Å². The van der Waals surface area contributed by atoms with Crippen molar-refractivity contribution >= 4 is 11.8 Å². The molecule has 0 fully saturated rings. The second-order valence-electron chi connectivity index (χ2n) is 7.27. The van der Waals surface area contributed by atoms with Crippen LogP contribution in [0.2, 0.25) is 0 Å². The van der Waals surface area contributed by atoms with E-state index in [4.69, 9.17) is 0 Å². The molecule has 0 unspecified atom stereocenters. The molecule has 0 atom stereocenters. The van der Waals surface area contributed by atoms with Crippen LogP contribution < -0.4 is 10.6 Å². The number of hydrogen-bond acceptors (Lipinski definition) is 3. The molecule has 6 nitrogen and oxygen atoms in total. The van der Waals surface area contributed by atoms with Crippen molar-refractivity contribution in [3.05, 3.63) is 71.9 Å². The summed E-state index contributed by atoms with van der Waals surface area (Å²) in [7, 11) is 0. The van der Waals surface area contributed by atoms with Gasteiger partial charge in [-0.3, -0.25) is 9.59 Å². The number of carbonyl (C=O) groups excluding carboxylic acids is 2. The van der Waals surface area contributed by atoms with E-state index in [0.29, 0.717) is 11.3 Å². The number of rotatable bonds is 7. The maximum atomic E-state index is 12.8. The van der Waals surface area contributed by atoms with Gasteiger partial charge in [0.25, 0.3) is 5.91 Å². The van der Waals surface area contributed by atoms with Crippen LogP contribution in [-0.2, 0) is 4.79 Å². The molecule has 0 bridgehead atoms. The smallest absolute Gasteiger partial charge is 0.255 e. The molecule has 0 spiro atoms. The summed E-state index contributed by atoms with van der Waals surface area (Å²) in [5.41, 5.74) is 3.97. The molecule has 0 aliphatic carbocycles. The summed E-state index contributed by atoms with van der Waals surface area (Å²) in [5.74, 6) is -0.335. The van der Waals surface area contributed by atoms with Crippen molar-refractivity contribution in [2.45, 2.75) is 33.2 Å². The van der Waals surface area contributed by atoms with Crippen LogP contribution in [0.1, 0.15) is 36.2 Å². The van der Waals surface area contributed by atoms with Crippen LogP contribution in [0.5, 0.6) is 0 Å².